The Labute approximate surface area is 181 Å². The van der Waals surface area contributed by atoms with Crippen molar-refractivity contribution in [1.29, 1.82) is 0 Å². The Morgan fingerprint density at radius 3 is 2.71 bits per heavy atom. The van der Waals surface area contributed by atoms with Gasteiger partial charge in [0.1, 0.15) is 17.1 Å². The number of benzene rings is 2. The normalized spacial score (nSPS) is 15.3. The molecule has 0 atom stereocenters. The number of hydrogen-bond donors (Lipinski definition) is 1. The lowest BCUT2D eigenvalue weighted by Crippen LogP contribution is -2.32. The highest BCUT2D eigenvalue weighted by Crippen LogP contribution is 2.35. The second-order valence-corrected chi connectivity index (χ2v) is 8.08. The van der Waals surface area contributed by atoms with Gasteiger partial charge < -0.3 is 14.4 Å². The zero-order valence-corrected chi connectivity index (χ0v) is 17.7. The van der Waals surface area contributed by atoms with Crippen LogP contribution in [0.1, 0.15) is 40.2 Å². The van der Waals surface area contributed by atoms with E-state index in [2.05, 4.69) is 22.2 Å². The second-order valence-electron chi connectivity index (χ2n) is 8.08. The summed E-state index contributed by atoms with van der Waals surface area (Å²) in [5, 5.41) is 10.5. The maximum absolute atomic E-state index is 13.8. The first-order valence-electron chi connectivity index (χ1n) is 10.5. The summed E-state index contributed by atoms with van der Waals surface area (Å²) >= 11 is 0. The van der Waals surface area contributed by atoms with Gasteiger partial charge in [0.2, 0.25) is 0 Å². The van der Waals surface area contributed by atoms with Crippen LogP contribution in [0, 0.1) is 5.82 Å². The summed E-state index contributed by atoms with van der Waals surface area (Å²) in [5.74, 6) is -0.412. The van der Waals surface area contributed by atoms with E-state index in [1.165, 1.54) is 18.7 Å². The molecule has 2 heterocycles. The molecule has 1 saturated heterocycles. The van der Waals surface area contributed by atoms with Crippen LogP contribution in [0.3, 0.4) is 0 Å². The van der Waals surface area contributed by atoms with Crippen molar-refractivity contribution in [2.75, 3.05) is 20.2 Å². The van der Waals surface area contributed by atoms with E-state index in [0.717, 1.165) is 42.4 Å². The highest BCUT2D eigenvalue weighted by atomic mass is 19.1. The Hall–Kier alpha value is -3.12. The number of hydrogen-bond acceptors (Lipinski definition) is 3. The highest BCUT2D eigenvalue weighted by molar-refractivity contribution is 5.91. The summed E-state index contributed by atoms with van der Waals surface area (Å²) in [6.07, 6.45) is 5.99. The average Bonchev–Trinajstić information content (AvgIpc) is 3.12. The average molecular weight is 423 g/mol. The van der Waals surface area contributed by atoms with Crippen LogP contribution in [0.25, 0.3) is 10.9 Å². The van der Waals surface area contributed by atoms with Crippen LogP contribution in [-0.2, 0) is 13.1 Å². The van der Waals surface area contributed by atoms with Crippen LogP contribution in [0.5, 0.6) is 5.75 Å². The number of rotatable bonds is 7. The highest BCUT2D eigenvalue weighted by Gasteiger charge is 2.24. The molecule has 4 rings (SSSR count). The van der Waals surface area contributed by atoms with Crippen molar-refractivity contribution in [2.45, 2.75) is 31.8 Å². The number of carbonyl (C=O) groups is 1. The summed E-state index contributed by atoms with van der Waals surface area (Å²) in [7, 11) is 1.48. The SMILES string of the molecule is C=CCn1cc(C2CCN(Cc3ccc(OC)c(C(=O)O)c3)CC2)c2ccc(F)cc21. The van der Waals surface area contributed by atoms with E-state index in [-0.39, 0.29) is 11.4 Å². The number of nitrogens with zero attached hydrogens (tertiary/aromatic N) is 2. The number of carboxylic acids is 1. The molecular weight excluding hydrogens is 395 g/mol. The maximum atomic E-state index is 13.8. The summed E-state index contributed by atoms with van der Waals surface area (Å²) in [6.45, 7) is 7.03. The molecule has 1 aliphatic heterocycles. The van der Waals surface area contributed by atoms with E-state index < -0.39 is 5.97 Å². The van der Waals surface area contributed by atoms with E-state index in [1.807, 2.05) is 18.2 Å². The third kappa shape index (κ3) is 4.35. The zero-order chi connectivity index (χ0) is 22.0. The molecular formula is C25H27FN2O3. The molecule has 0 spiro atoms. The molecule has 3 aromatic rings. The molecule has 0 aliphatic carbocycles. The Bertz CT molecular complexity index is 1110. The number of carboxylic acid groups (broad SMARTS) is 1. The summed E-state index contributed by atoms with van der Waals surface area (Å²) in [6, 6.07) is 10.4. The first-order chi connectivity index (χ1) is 15.0. The van der Waals surface area contributed by atoms with Crippen molar-refractivity contribution >= 4 is 16.9 Å². The largest absolute Gasteiger partial charge is 0.496 e. The minimum Gasteiger partial charge on any atom is -0.496 e. The Kier molecular flexibility index (Phi) is 6.09. The molecule has 0 bridgehead atoms. The number of piperidine rings is 1. The maximum Gasteiger partial charge on any atom is 0.339 e. The predicted molar refractivity (Wildman–Crippen MR) is 119 cm³/mol. The second kappa shape index (κ2) is 8.94. The van der Waals surface area contributed by atoms with Gasteiger partial charge in [-0.05, 0) is 73.3 Å². The Morgan fingerprint density at radius 2 is 2.03 bits per heavy atom. The zero-order valence-electron chi connectivity index (χ0n) is 17.7. The molecule has 1 N–H and O–H groups in total. The number of fused-ring (bicyclic) bond motifs is 1. The molecule has 0 saturated carbocycles. The molecule has 0 unspecified atom stereocenters. The van der Waals surface area contributed by atoms with Gasteiger partial charge in [0, 0.05) is 24.7 Å². The van der Waals surface area contributed by atoms with Crippen molar-refractivity contribution in [3.8, 4) is 5.75 Å². The fourth-order valence-electron chi connectivity index (χ4n) is 4.59. The number of ether oxygens (including phenoxy) is 1. The number of allylic oxidation sites excluding steroid dienone is 1. The Balaban J connectivity index is 1.48. The lowest BCUT2D eigenvalue weighted by atomic mass is 9.89. The minimum absolute atomic E-state index is 0.192. The molecule has 1 aromatic heterocycles. The molecule has 6 heteroatoms. The van der Waals surface area contributed by atoms with Gasteiger partial charge in [-0.1, -0.05) is 12.1 Å². The first kappa shape index (κ1) is 21.1. The molecule has 0 radical (unpaired) electrons. The van der Waals surface area contributed by atoms with E-state index in [4.69, 9.17) is 4.74 Å². The van der Waals surface area contributed by atoms with Crippen LogP contribution < -0.4 is 4.74 Å². The number of halogens is 1. The smallest absolute Gasteiger partial charge is 0.339 e. The van der Waals surface area contributed by atoms with E-state index in [9.17, 15) is 14.3 Å². The quantitative estimate of drug-likeness (QED) is 0.541. The van der Waals surface area contributed by atoms with Gasteiger partial charge in [-0.3, -0.25) is 4.90 Å². The third-order valence-electron chi connectivity index (χ3n) is 6.13. The third-order valence-corrected chi connectivity index (χ3v) is 6.13. The number of methoxy groups -OCH3 is 1. The van der Waals surface area contributed by atoms with E-state index in [1.54, 1.807) is 18.2 Å². The molecule has 1 aliphatic rings. The van der Waals surface area contributed by atoms with Crippen molar-refractivity contribution in [1.82, 2.24) is 9.47 Å². The van der Waals surface area contributed by atoms with Crippen molar-refractivity contribution in [2.24, 2.45) is 0 Å². The Morgan fingerprint density at radius 1 is 1.26 bits per heavy atom. The lowest BCUT2D eigenvalue weighted by molar-refractivity contribution is 0.0693. The monoisotopic (exact) mass is 422 g/mol. The minimum atomic E-state index is -0.982. The fraction of sp³-hybridized carbons (Fsp3) is 0.320. The molecule has 31 heavy (non-hydrogen) atoms. The van der Waals surface area contributed by atoms with Gasteiger partial charge >= 0.3 is 5.97 Å². The van der Waals surface area contributed by atoms with Crippen LogP contribution in [0.15, 0.2) is 55.3 Å². The van der Waals surface area contributed by atoms with Crippen molar-refractivity contribution in [3.05, 3.63) is 77.8 Å². The van der Waals surface area contributed by atoms with Crippen LogP contribution in [0.4, 0.5) is 4.39 Å². The topological polar surface area (TPSA) is 54.7 Å². The van der Waals surface area contributed by atoms with E-state index in [0.29, 0.717) is 24.8 Å². The number of aromatic nitrogens is 1. The van der Waals surface area contributed by atoms with Crippen molar-refractivity contribution in [3.63, 3.8) is 0 Å². The van der Waals surface area contributed by atoms with Gasteiger partial charge in [-0.2, -0.15) is 0 Å². The fourth-order valence-corrected chi connectivity index (χ4v) is 4.59. The molecule has 1 fully saturated rings. The van der Waals surface area contributed by atoms with Gasteiger partial charge in [0.25, 0.3) is 0 Å². The van der Waals surface area contributed by atoms with Crippen LogP contribution in [0.2, 0.25) is 0 Å². The first-order valence-corrected chi connectivity index (χ1v) is 10.5. The van der Waals surface area contributed by atoms with Gasteiger partial charge in [-0.15, -0.1) is 6.58 Å². The molecule has 0 amide bonds. The summed E-state index contributed by atoms with van der Waals surface area (Å²) in [4.78, 5) is 13.8. The van der Waals surface area contributed by atoms with E-state index >= 15 is 0 Å². The number of aromatic carboxylic acids is 1. The molecule has 5 nitrogen and oxygen atoms in total. The van der Waals surface area contributed by atoms with Gasteiger partial charge in [0.05, 0.1) is 12.6 Å². The van der Waals surface area contributed by atoms with Crippen LogP contribution in [-0.4, -0.2) is 40.7 Å². The lowest BCUT2D eigenvalue weighted by Gasteiger charge is -2.32. The number of likely N-dealkylation sites (tertiary alicyclic amines) is 1. The predicted octanol–water partition coefficient (Wildman–Crippen LogP) is 5.05. The summed E-state index contributed by atoms with van der Waals surface area (Å²) in [5.41, 5.74) is 3.35. The summed E-state index contributed by atoms with van der Waals surface area (Å²) < 4.78 is 21.0. The van der Waals surface area contributed by atoms with Crippen molar-refractivity contribution < 1.29 is 19.0 Å². The van der Waals surface area contributed by atoms with Gasteiger partial charge in [0.15, 0.2) is 0 Å². The molecule has 162 valence electrons. The standard InChI is InChI=1S/C25H27FN2O3/c1-3-10-28-16-22(20-6-5-19(26)14-23(20)28)18-8-11-27(12-9-18)15-17-4-7-24(31-2)21(13-17)25(29)30/h3-7,13-14,16,18H,1,8-12,15H2,2H3,(H,29,30). The van der Waals surface area contributed by atoms with Gasteiger partial charge in [-0.25, -0.2) is 9.18 Å². The molecule has 2 aromatic carbocycles. The van der Waals surface area contributed by atoms with Crippen LogP contribution >= 0.6 is 0 Å².